The highest BCUT2D eigenvalue weighted by molar-refractivity contribution is 5.98. The molecule has 1 heterocycles. The van der Waals surface area contributed by atoms with Gasteiger partial charge in [-0.1, -0.05) is 12.1 Å². The van der Waals surface area contributed by atoms with Gasteiger partial charge < -0.3 is 5.73 Å². The zero-order valence-corrected chi connectivity index (χ0v) is 7.82. The van der Waals surface area contributed by atoms with Crippen molar-refractivity contribution in [3.05, 3.63) is 36.0 Å². The molecule has 0 fully saturated rings. The van der Waals surface area contributed by atoms with Gasteiger partial charge >= 0.3 is 0 Å². The van der Waals surface area contributed by atoms with E-state index in [0.717, 1.165) is 10.8 Å². The van der Waals surface area contributed by atoms with E-state index < -0.39 is 0 Å². The van der Waals surface area contributed by atoms with Crippen LogP contribution in [0.5, 0.6) is 0 Å². The monoisotopic (exact) mass is 186 g/mol. The number of nitrogens with two attached hydrogens (primary N) is 1. The second-order valence-corrected chi connectivity index (χ2v) is 3.23. The molecular formula is C11H10N2O. The van der Waals surface area contributed by atoms with Gasteiger partial charge in [0.25, 0.3) is 0 Å². The van der Waals surface area contributed by atoms with Gasteiger partial charge in [0.1, 0.15) is 5.82 Å². The van der Waals surface area contributed by atoms with Crippen molar-refractivity contribution in [3.8, 4) is 0 Å². The zero-order valence-electron chi connectivity index (χ0n) is 7.82. The number of ketones is 1. The van der Waals surface area contributed by atoms with Gasteiger partial charge in [-0.05, 0) is 24.4 Å². The number of Topliss-reactive ketones (excluding diaryl/α,β-unsaturated/α-hetero) is 1. The van der Waals surface area contributed by atoms with Gasteiger partial charge in [-0.2, -0.15) is 0 Å². The lowest BCUT2D eigenvalue weighted by atomic mass is 10.1. The van der Waals surface area contributed by atoms with Crippen molar-refractivity contribution in [2.24, 2.45) is 0 Å². The number of nitrogens with zero attached hydrogens (tertiary/aromatic N) is 1. The van der Waals surface area contributed by atoms with E-state index in [2.05, 4.69) is 4.98 Å². The molecule has 0 amide bonds. The van der Waals surface area contributed by atoms with Crippen LogP contribution in [0.15, 0.2) is 30.5 Å². The molecule has 0 radical (unpaired) electrons. The Bertz CT molecular complexity index is 506. The number of benzene rings is 1. The Morgan fingerprint density at radius 2 is 2.07 bits per heavy atom. The number of hydrogen-bond donors (Lipinski definition) is 1. The first-order chi connectivity index (χ1) is 6.66. The zero-order chi connectivity index (χ0) is 10.1. The van der Waals surface area contributed by atoms with Crippen LogP contribution in [0.4, 0.5) is 5.82 Å². The molecule has 3 heteroatoms. The predicted octanol–water partition coefficient (Wildman–Crippen LogP) is 2.02. The van der Waals surface area contributed by atoms with Crippen molar-refractivity contribution >= 4 is 22.4 Å². The fourth-order valence-corrected chi connectivity index (χ4v) is 1.38. The molecule has 0 unspecified atom stereocenters. The lowest BCUT2D eigenvalue weighted by Gasteiger charge is -2.00. The standard InChI is InChI=1S/C11H10N2O/c1-7(14)8-2-3-9-6-13-11(12)5-10(9)4-8/h2-6H,1H3,(H2,12,13). The number of rotatable bonds is 1. The SMILES string of the molecule is CC(=O)c1ccc2cnc(N)cc2c1. The molecule has 2 N–H and O–H groups in total. The van der Waals surface area contributed by atoms with Gasteiger partial charge in [0.2, 0.25) is 0 Å². The van der Waals surface area contributed by atoms with E-state index in [1.54, 1.807) is 25.3 Å². The van der Waals surface area contributed by atoms with Gasteiger partial charge in [-0.3, -0.25) is 4.79 Å². The fourth-order valence-electron chi connectivity index (χ4n) is 1.38. The number of hydrogen-bond acceptors (Lipinski definition) is 3. The average Bonchev–Trinajstić information content (AvgIpc) is 2.16. The van der Waals surface area contributed by atoms with E-state index in [-0.39, 0.29) is 5.78 Å². The van der Waals surface area contributed by atoms with E-state index in [0.29, 0.717) is 11.4 Å². The van der Waals surface area contributed by atoms with Gasteiger partial charge in [-0.25, -0.2) is 4.98 Å². The molecule has 1 aromatic heterocycles. The highest BCUT2D eigenvalue weighted by atomic mass is 16.1. The Labute approximate surface area is 81.6 Å². The molecule has 3 nitrogen and oxygen atoms in total. The molecule has 0 aliphatic heterocycles. The van der Waals surface area contributed by atoms with Crippen molar-refractivity contribution < 1.29 is 4.79 Å². The van der Waals surface area contributed by atoms with Crippen molar-refractivity contribution in [1.82, 2.24) is 4.98 Å². The van der Waals surface area contributed by atoms with Crippen LogP contribution in [0.2, 0.25) is 0 Å². The number of pyridine rings is 1. The summed E-state index contributed by atoms with van der Waals surface area (Å²) in [6, 6.07) is 7.26. The summed E-state index contributed by atoms with van der Waals surface area (Å²) in [5.74, 6) is 0.528. The van der Waals surface area contributed by atoms with Crippen molar-refractivity contribution in [3.63, 3.8) is 0 Å². The predicted molar refractivity (Wildman–Crippen MR) is 56.2 cm³/mol. The third-order valence-electron chi connectivity index (χ3n) is 2.15. The highest BCUT2D eigenvalue weighted by Gasteiger charge is 2.01. The summed E-state index contributed by atoms with van der Waals surface area (Å²) in [6.07, 6.45) is 1.70. The molecule has 0 atom stereocenters. The lowest BCUT2D eigenvalue weighted by molar-refractivity contribution is 0.101. The maximum atomic E-state index is 11.1. The van der Waals surface area contributed by atoms with Gasteiger partial charge in [0.15, 0.2) is 5.78 Å². The quantitative estimate of drug-likeness (QED) is 0.693. The molecule has 14 heavy (non-hydrogen) atoms. The Morgan fingerprint density at radius 1 is 1.29 bits per heavy atom. The number of carbonyl (C=O) groups is 1. The first-order valence-corrected chi connectivity index (χ1v) is 4.33. The first-order valence-electron chi connectivity index (χ1n) is 4.33. The van der Waals surface area contributed by atoms with Crippen LogP contribution in [0.3, 0.4) is 0 Å². The van der Waals surface area contributed by atoms with Crippen molar-refractivity contribution in [2.75, 3.05) is 5.73 Å². The Hall–Kier alpha value is -1.90. The molecule has 1 aromatic carbocycles. The molecule has 0 saturated heterocycles. The minimum absolute atomic E-state index is 0.0577. The first kappa shape index (κ1) is 8.69. The van der Waals surface area contributed by atoms with Crippen LogP contribution in [-0.2, 0) is 0 Å². The van der Waals surface area contributed by atoms with E-state index in [9.17, 15) is 4.79 Å². The maximum absolute atomic E-state index is 11.1. The van der Waals surface area contributed by atoms with Crippen LogP contribution in [0.25, 0.3) is 10.8 Å². The average molecular weight is 186 g/mol. The number of nitrogen functional groups attached to an aromatic ring is 1. The summed E-state index contributed by atoms with van der Waals surface area (Å²) in [5, 5.41) is 1.94. The summed E-state index contributed by atoms with van der Waals surface area (Å²) < 4.78 is 0. The van der Waals surface area contributed by atoms with Crippen LogP contribution in [-0.4, -0.2) is 10.8 Å². The molecule has 0 spiro atoms. The molecule has 70 valence electrons. The third kappa shape index (κ3) is 1.44. The van der Waals surface area contributed by atoms with Crippen molar-refractivity contribution in [2.45, 2.75) is 6.92 Å². The fraction of sp³-hybridized carbons (Fsp3) is 0.0909. The molecule has 0 saturated carbocycles. The summed E-state index contributed by atoms with van der Waals surface area (Å²) in [5.41, 5.74) is 6.25. The normalized spacial score (nSPS) is 10.4. The van der Waals surface area contributed by atoms with Crippen LogP contribution in [0, 0.1) is 0 Å². The van der Waals surface area contributed by atoms with Crippen LogP contribution in [0.1, 0.15) is 17.3 Å². The molecular weight excluding hydrogens is 176 g/mol. The molecule has 0 aliphatic carbocycles. The number of carbonyl (C=O) groups excluding carboxylic acids is 1. The van der Waals surface area contributed by atoms with Gasteiger partial charge in [0.05, 0.1) is 0 Å². The Balaban J connectivity index is 2.69. The number of fused-ring (bicyclic) bond motifs is 1. The van der Waals surface area contributed by atoms with E-state index in [1.807, 2.05) is 12.1 Å². The second kappa shape index (κ2) is 3.10. The smallest absolute Gasteiger partial charge is 0.159 e. The van der Waals surface area contributed by atoms with Crippen LogP contribution >= 0.6 is 0 Å². The topological polar surface area (TPSA) is 56.0 Å². The molecule has 0 bridgehead atoms. The summed E-state index contributed by atoms with van der Waals surface area (Å²) in [6.45, 7) is 1.55. The highest BCUT2D eigenvalue weighted by Crippen LogP contribution is 2.17. The van der Waals surface area contributed by atoms with Gasteiger partial charge in [0, 0.05) is 17.1 Å². The molecule has 2 rings (SSSR count). The maximum Gasteiger partial charge on any atom is 0.159 e. The summed E-state index contributed by atoms with van der Waals surface area (Å²) >= 11 is 0. The lowest BCUT2D eigenvalue weighted by Crippen LogP contribution is -1.93. The molecule has 2 aromatic rings. The minimum Gasteiger partial charge on any atom is -0.384 e. The largest absolute Gasteiger partial charge is 0.384 e. The van der Waals surface area contributed by atoms with Gasteiger partial charge in [-0.15, -0.1) is 0 Å². The van der Waals surface area contributed by atoms with E-state index in [1.165, 1.54) is 0 Å². The van der Waals surface area contributed by atoms with E-state index >= 15 is 0 Å². The summed E-state index contributed by atoms with van der Waals surface area (Å²) in [7, 11) is 0. The number of aromatic nitrogens is 1. The third-order valence-corrected chi connectivity index (χ3v) is 2.15. The minimum atomic E-state index is 0.0577. The van der Waals surface area contributed by atoms with Crippen molar-refractivity contribution in [1.29, 1.82) is 0 Å². The second-order valence-electron chi connectivity index (χ2n) is 3.23. The Morgan fingerprint density at radius 3 is 2.79 bits per heavy atom. The molecule has 0 aliphatic rings. The Kier molecular flexibility index (Phi) is 1.93. The summed E-state index contributed by atoms with van der Waals surface area (Å²) in [4.78, 5) is 15.1. The van der Waals surface area contributed by atoms with E-state index in [4.69, 9.17) is 5.73 Å². The number of anilines is 1. The van der Waals surface area contributed by atoms with Crippen LogP contribution < -0.4 is 5.73 Å².